The minimum atomic E-state index is -1.05. The molecule has 1 aromatic heterocycles. The maximum atomic E-state index is 12.6. The van der Waals surface area contributed by atoms with Gasteiger partial charge in [0.15, 0.2) is 0 Å². The highest BCUT2D eigenvalue weighted by Crippen LogP contribution is 2.35. The summed E-state index contributed by atoms with van der Waals surface area (Å²) >= 11 is 0. The van der Waals surface area contributed by atoms with Crippen molar-refractivity contribution in [2.45, 2.75) is 24.9 Å². The van der Waals surface area contributed by atoms with Gasteiger partial charge in [-0.3, -0.25) is 9.69 Å². The summed E-state index contributed by atoms with van der Waals surface area (Å²) in [7, 11) is 0. The van der Waals surface area contributed by atoms with Gasteiger partial charge < -0.3 is 19.6 Å². The molecule has 138 valence electrons. The van der Waals surface area contributed by atoms with Crippen molar-refractivity contribution in [2.24, 2.45) is 0 Å². The summed E-state index contributed by atoms with van der Waals surface area (Å²) in [5.74, 6) is -1.11. The molecular weight excluding hydrogens is 340 g/mol. The molecule has 0 radical (unpaired) electrons. The van der Waals surface area contributed by atoms with E-state index in [1.807, 2.05) is 4.90 Å². The van der Waals surface area contributed by atoms with E-state index < -0.39 is 12.1 Å². The molecule has 1 aromatic rings. The Balaban J connectivity index is 1.45. The SMILES string of the molecule is O=C(O)c1cc(N2CC[C@H]3[C@@H]2CCN3C(=O)CN2CCOC2=O)ccn1. The van der Waals surface area contributed by atoms with Crippen molar-refractivity contribution in [3.63, 3.8) is 0 Å². The van der Waals surface area contributed by atoms with E-state index in [1.165, 1.54) is 11.1 Å². The third-order valence-electron chi connectivity index (χ3n) is 5.36. The zero-order valence-corrected chi connectivity index (χ0v) is 14.2. The van der Waals surface area contributed by atoms with Gasteiger partial charge in [0.2, 0.25) is 5.91 Å². The number of aromatic carboxylic acids is 1. The van der Waals surface area contributed by atoms with Gasteiger partial charge in [-0.2, -0.15) is 0 Å². The summed E-state index contributed by atoms with van der Waals surface area (Å²) in [6, 6.07) is 3.63. The Morgan fingerprint density at radius 2 is 2.04 bits per heavy atom. The average Bonchev–Trinajstić information content (AvgIpc) is 3.32. The molecule has 3 saturated heterocycles. The number of carboxylic acids is 1. The lowest BCUT2D eigenvalue weighted by atomic mass is 10.1. The molecule has 0 aliphatic carbocycles. The minimum Gasteiger partial charge on any atom is -0.477 e. The average molecular weight is 360 g/mol. The summed E-state index contributed by atoms with van der Waals surface area (Å²) in [5, 5.41) is 9.14. The van der Waals surface area contributed by atoms with Crippen LogP contribution in [0.15, 0.2) is 18.3 Å². The number of anilines is 1. The minimum absolute atomic E-state index is 0.0180. The second kappa shape index (κ2) is 6.47. The largest absolute Gasteiger partial charge is 0.477 e. The van der Waals surface area contributed by atoms with Crippen LogP contribution in [0.4, 0.5) is 10.5 Å². The third kappa shape index (κ3) is 2.83. The molecule has 4 heterocycles. The maximum Gasteiger partial charge on any atom is 0.410 e. The molecule has 0 unspecified atom stereocenters. The predicted octanol–water partition coefficient (Wildman–Crippen LogP) is 0.412. The topological polar surface area (TPSA) is 103 Å². The first-order valence-electron chi connectivity index (χ1n) is 8.72. The van der Waals surface area contributed by atoms with Crippen molar-refractivity contribution >= 4 is 23.7 Å². The first kappa shape index (κ1) is 16.6. The van der Waals surface area contributed by atoms with Crippen molar-refractivity contribution < 1.29 is 24.2 Å². The van der Waals surface area contributed by atoms with E-state index in [0.717, 1.165) is 25.1 Å². The van der Waals surface area contributed by atoms with Crippen LogP contribution in [0.2, 0.25) is 0 Å². The van der Waals surface area contributed by atoms with Crippen LogP contribution in [0.5, 0.6) is 0 Å². The van der Waals surface area contributed by atoms with Crippen LogP contribution in [0, 0.1) is 0 Å². The Morgan fingerprint density at radius 3 is 2.77 bits per heavy atom. The van der Waals surface area contributed by atoms with E-state index in [2.05, 4.69) is 9.88 Å². The highest BCUT2D eigenvalue weighted by Gasteiger charge is 2.45. The molecule has 1 N–H and O–H groups in total. The van der Waals surface area contributed by atoms with Crippen molar-refractivity contribution in [2.75, 3.05) is 37.7 Å². The quantitative estimate of drug-likeness (QED) is 0.829. The van der Waals surface area contributed by atoms with E-state index in [0.29, 0.717) is 19.7 Å². The number of ether oxygens (including phenoxy) is 1. The number of fused-ring (bicyclic) bond motifs is 1. The number of likely N-dealkylation sites (tertiary alicyclic amines) is 1. The third-order valence-corrected chi connectivity index (χ3v) is 5.36. The van der Waals surface area contributed by atoms with E-state index in [1.54, 1.807) is 12.1 Å². The molecule has 4 rings (SSSR count). The number of carboxylic acid groups (broad SMARTS) is 1. The fourth-order valence-corrected chi connectivity index (χ4v) is 4.15. The molecule has 0 aromatic carbocycles. The fourth-order valence-electron chi connectivity index (χ4n) is 4.15. The first-order chi connectivity index (χ1) is 12.5. The highest BCUT2D eigenvalue weighted by atomic mass is 16.6. The second-order valence-corrected chi connectivity index (χ2v) is 6.73. The van der Waals surface area contributed by atoms with Crippen LogP contribution >= 0.6 is 0 Å². The van der Waals surface area contributed by atoms with E-state index in [9.17, 15) is 14.4 Å². The molecule has 0 bridgehead atoms. The van der Waals surface area contributed by atoms with Crippen LogP contribution in [-0.4, -0.2) is 82.7 Å². The Morgan fingerprint density at radius 1 is 1.23 bits per heavy atom. The number of nitrogens with zero attached hydrogens (tertiary/aromatic N) is 4. The Bertz CT molecular complexity index is 754. The summed E-state index contributed by atoms with van der Waals surface area (Å²) in [6.07, 6.45) is 2.72. The number of rotatable bonds is 4. The number of hydrogen-bond donors (Lipinski definition) is 1. The zero-order chi connectivity index (χ0) is 18.3. The van der Waals surface area contributed by atoms with Gasteiger partial charge >= 0.3 is 12.1 Å². The Hall–Kier alpha value is -2.84. The summed E-state index contributed by atoms with van der Waals surface area (Å²) in [4.78, 5) is 44.7. The molecule has 0 saturated carbocycles. The molecule has 3 fully saturated rings. The predicted molar refractivity (Wildman–Crippen MR) is 90.0 cm³/mol. The molecule has 2 atom stereocenters. The van der Waals surface area contributed by atoms with Gasteiger partial charge in [0.25, 0.3) is 0 Å². The number of pyridine rings is 1. The van der Waals surface area contributed by atoms with E-state index in [4.69, 9.17) is 9.84 Å². The van der Waals surface area contributed by atoms with Crippen molar-refractivity contribution in [1.82, 2.24) is 14.8 Å². The summed E-state index contributed by atoms with van der Waals surface area (Å²) in [6.45, 7) is 2.24. The number of cyclic esters (lactones) is 1. The fraction of sp³-hybridized carbons (Fsp3) is 0.529. The number of carbonyl (C=O) groups excluding carboxylic acids is 2. The van der Waals surface area contributed by atoms with E-state index in [-0.39, 0.29) is 30.2 Å². The second-order valence-electron chi connectivity index (χ2n) is 6.73. The van der Waals surface area contributed by atoms with Crippen LogP contribution in [-0.2, 0) is 9.53 Å². The van der Waals surface area contributed by atoms with Crippen molar-refractivity contribution in [3.8, 4) is 0 Å². The number of aromatic nitrogens is 1. The maximum absolute atomic E-state index is 12.6. The number of amides is 2. The monoisotopic (exact) mass is 360 g/mol. The molecule has 9 nitrogen and oxygen atoms in total. The lowest BCUT2D eigenvalue weighted by Crippen LogP contribution is -2.44. The van der Waals surface area contributed by atoms with Gasteiger partial charge in [0.05, 0.1) is 18.6 Å². The Labute approximate surface area is 150 Å². The van der Waals surface area contributed by atoms with Crippen LogP contribution < -0.4 is 4.90 Å². The highest BCUT2D eigenvalue weighted by molar-refractivity contribution is 5.86. The molecule has 2 amide bonds. The lowest BCUT2D eigenvalue weighted by molar-refractivity contribution is -0.132. The van der Waals surface area contributed by atoms with Gasteiger partial charge in [-0.05, 0) is 25.0 Å². The van der Waals surface area contributed by atoms with Crippen LogP contribution in [0.25, 0.3) is 0 Å². The van der Waals surface area contributed by atoms with Crippen molar-refractivity contribution in [1.29, 1.82) is 0 Å². The zero-order valence-electron chi connectivity index (χ0n) is 14.2. The van der Waals surface area contributed by atoms with E-state index >= 15 is 0 Å². The normalized spacial score (nSPS) is 24.8. The molecular formula is C17H20N4O5. The van der Waals surface area contributed by atoms with Gasteiger partial charge in [-0.1, -0.05) is 0 Å². The standard InChI is InChI=1S/C17H20N4O5/c22-15(10-19-7-8-26-17(19)25)21-6-3-13-14(21)2-5-20(13)11-1-4-18-12(9-11)16(23)24/h1,4,9,13-14H,2-3,5-8,10H2,(H,23,24)/t13-,14-/m0/s1. The molecule has 9 heteroatoms. The van der Waals surface area contributed by atoms with Crippen molar-refractivity contribution in [3.05, 3.63) is 24.0 Å². The van der Waals surface area contributed by atoms with Gasteiger partial charge in [0.1, 0.15) is 18.8 Å². The molecule has 3 aliphatic rings. The van der Waals surface area contributed by atoms with Gasteiger partial charge in [-0.25, -0.2) is 14.6 Å². The van der Waals surface area contributed by atoms with Gasteiger partial charge in [-0.15, -0.1) is 0 Å². The molecule has 3 aliphatic heterocycles. The smallest absolute Gasteiger partial charge is 0.410 e. The number of carbonyl (C=O) groups is 3. The van der Waals surface area contributed by atoms with Gasteiger partial charge in [0, 0.05) is 25.0 Å². The number of hydrogen-bond acceptors (Lipinski definition) is 6. The van der Waals surface area contributed by atoms with Crippen LogP contribution in [0.1, 0.15) is 23.3 Å². The Kier molecular flexibility index (Phi) is 4.14. The van der Waals surface area contributed by atoms with Crippen LogP contribution in [0.3, 0.4) is 0 Å². The lowest BCUT2D eigenvalue weighted by Gasteiger charge is -2.27. The molecule has 26 heavy (non-hydrogen) atoms. The summed E-state index contributed by atoms with van der Waals surface area (Å²) in [5.41, 5.74) is 0.840. The molecule has 0 spiro atoms. The summed E-state index contributed by atoms with van der Waals surface area (Å²) < 4.78 is 4.88. The first-order valence-corrected chi connectivity index (χ1v) is 8.72.